The van der Waals surface area contributed by atoms with Crippen molar-refractivity contribution in [3.05, 3.63) is 0 Å². The minimum atomic E-state index is -1.85. The highest BCUT2D eigenvalue weighted by molar-refractivity contribution is 5.98. The van der Waals surface area contributed by atoms with Crippen molar-refractivity contribution in [1.29, 1.82) is 0 Å². The van der Waals surface area contributed by atoms with Gasteiger partial charge in [0.25, 0.3) is 0 Å². The number of hydrogen-bond donors (Lipinski definition) is 12. The van der Waals surface area contributed by atoms with Crippen molar-refractivity contribution in [2.45, 2.75) is 123 Å². The van der Waals surface area contributed by atoms with Crippen molar-refractivity contribution in [1.82, 2.24) is 31.9 Å². The largest absolute Gasteiger partial charge is 0.481 e. The molecule has 0 fully saturated rings. The summed E-state index contributed by atoms with van der Waals surface area (Å²) in [7, 11) is 0. The molecule has 8 atom stereocenters. The number of aliphatic carboxylic acids is 2. The zero-order valence-corrected chi connectivity index (χ0v) is 30.7. The molecule has 298 valence electrons. The highest BCUT2D eigenvalue weighted by atomic mass is 16.4. The van der Waals surface area contributed by atoms with Gasteiger partial charge in [-0.15, -0.1) is 0 Å². The van der Waals surface area contributed by atoms with Crippen LogP contribution in [0.15, 0.2) is 0 Å². The molecule has 0 saturated carbocycles. The number of hydrogen-bond acceptors (Lipinski definition) is 12. The first kappa shape index (κ1) is 47.6. The second-order valence-corrected chi connectivity index (χ2v) is 13.8. The molecule has 0 radical (unpaired) electrons. The summed E-state index contributed by atoms with van der Waals surface area (Å²) in [6.07, 6.45) is -2.40. The molecule has 20 heteroatoms. The van der Waals surface area contributed by atoms with E-state index in [-0.39, 0.29) is 37.0 Å². The zero-order valence-electron chi connectivity index (χ0n) is 30.7. The Morgan fingerprint density at radius 1 is 0.500 bits per heavy atom. The first-order chi connectivity index (χ1) is 24.0. The third kappa shape index (κ3) is 17.7. The number of rotatable bonds is 24. The molecule has 0 spiro atoms. The monoisotopic (exact) mass is 747 g/mol. The molecule has 0 aromatic heterocycles. The average Bonchev–Trinajstić information content (AvgIpc) is 3.02. The summed E-state index contributed by atoms with van der Waals surface area (Å²) in [4.78, 5) is 102. The van der Waals surface area contributed by atoms with E-state index in [1.54, 1.807) is 41.5 Å². The maximum absolute atomic E-state index is 13.6. The third-order valence-electron chi connectivity index (χ3n) is 7.43. The number of nitrogens with one attached hydrogen (secondary N) is 6. The van der Waals surface area contributed by atoms with E-state index in [4.69, 9.17) is 10.8 Å². The summed E-state index contributed by atoms with van der Waals surface area (Å²) < 4.78 is 0. The molecule has 0 saturated heterocycles. The maximum atomic E-state index is 13.6. The van der Waals surface area contributed by atoms with E-state index < -0.39 is 115 Å². The molecular weight excluding hydrogens is 690 g/mol. The van der Waals surface area contributed by atoms with E-state index in [9.17, 15) is 58.8 Å². The minimum absolute atomic E-state index is 0.0111. The van der Waals surface area contributed by atoms with Crippen LogP contribution < -0.4 is 37.6 Å². The topological polar surface area (TPSA) is 336 Å². The predicted molar refractivity (Wildman–Crippen MR) is 184 cm³/mol. The number of carbonyl (C=O) groups is 8. The lowest BCUT2D eigenvalue weighted by Crippen LogP contribution is -2.61. The van der Waals surface area contributed by atoms with E-state index in [1.807, 2.05) is 5.32 Å². The molecule has 6 amide bonds. The fraction of sp³-hybridized carbons (Fsp3) is 0.750. The third-order valence-corrected chi connectivity index (χ3v) is 7.43. The highest BCUT2D eigenvalue weighted by Gasteiger charge is 2.36. The van der Waals surface area contributed by atoms with Crippen molar-refractivity contribution in [3.8, 4) is 0 Å². The zero-order chi connectivity index (χ0) is 40.5. The van der Waals surface area contributed by atoms with Gasteiger partial charge in [0.2, 0.25) is 35.4 Å². The molecule has 0 aliphatic rings. The Labute approximate surface area is 302 Å². The summed E-state index contributed by atoms with van der Waals surface area (Å²) >= 11 is 0. The smallest absolute Gasteiger partial charge is 0.328 e. The molecular formula is C32H57N7O13. The lowest BCUT2D eigenvalue weighted by atomic mass is 9.98. The van der Waals surface area contributed by atoms with Gasteiger partial charge >= 0.3 is 11.9 Å². The van der Waals surface area contributed by atoms with Crippen LogP contribution in [-0.2, 0) is 38.4 Å². The van der Waals surface area contributed by atoms with Crippen LogP contribution in [0, 0.1) is 17.8 Å². The molecule has 13 N–H and O–H groups in total. The van der Waals surface area contributed by atoms with E-state index >= 15 is 0 Å². The van der Waals surface area contributed by atoms with Crippen LogP contribution in [0.5, 0.6) is 0 Å². The van der Waals surface area contributed by atoms with E-state index in [0.717, 1.165) is 6.92 Å². The Morgan fingerprint density at radius 3 is 1.15 bits per heavy atom. The van der Waals surface area contributed by atoms with Gasteiger partial charge < -0.3 is 63.2 Å². The molecule has 52 heavy (non-hydrogen) atoms. The van der Waals surface area contributed by atoms with Crippen molar-refractivity contribution >= 4 is 47.4 Å². The minimum Gasteiger partial charge on any atom is -0.481 e. The van der Waals surface area contributed by atoms with Crippen LogP contribution in [0.3, 0.4) is 0 Å². The van der Waals surface area contributed by atoms with Crippen LogP contribution in [0.2, 0.25) is 0 Å². The quantitative estimate of drug-likeness (QED) is 0.0452. The Hall–Kier alpha value is -4.40. The summed E-state index contributed by atoms with van der Waals surface area (Å²) in [5, 5.41) is 61.0. The van der Waals surface area contributed by atoms with Gasteiger partial charge in [-0.25, -0.2) is 4.79 Å². The van der Waals surface area contributed by atoms with Crippen LogP contribution in [0.4, 0.5) is 0 Å². The van der Waals surface area contributed by atoms with Gasteiger partial charge in [0.15, 0.2) is 0 Å². The lowest BCUT2D eigenvalue weighted by Gasteiger charge is -2.29. The summed E-state index contributed by atoms with van der Waals surface area (Å²) in [5.41, 5.74) is 5.59. The first-order valence-corrected chi connectivity index (χ1v) is 17.0. The normalized spacial score (nSPS) is 16.0. The van der Waals surface area contributed by atoms with Crippen molar-refractivity contribution in [2.24, 2.45) is 23.5 Å². The Morgan fingerprint density at radius 2 is 0.846 bits per heavy atom. The standard InChI is InChI=1S/C32H57N7O13/c1-14(2)8-19(34-26(45)18(33)12-40)27(46)35-20(9-15(3)4)28(47)36-21(10-16(5)6)29(48)37-22(11-24(43)44)30(49)39-25(17(7)42)31(50)38-23(13-41)32(51)52/h14-23,25,40-42H,8-13,33H2,1-7H3,(H,34,45)(H,35,46)(H,36,47)(H,37,48)(H,38,50)(H,39,49)(H,43,44)(H,51,52)/t17-,18+,19+,20+,21+,22+,23+,25+/m1/s1. The first-order valence-electron chi connectivity index (χ1n) is 17.0. The second-order valence-electron chi connectivity index (χ2n) is 13.8. The predicted octanol–water partition coefficient (Wildman–Crippen LogP) is -3.71. The van der Waals surface area contributed by atoms with Gasteiger partial charge in [-0.2, -0.15) is 0 Å². The number of amides is 6. The molecule has 0 rings (SSSR count). The molecule has 0 aromatic rings. The molecule has 0 bridgehead atoms. The van der Waals surface area contributed by atoms with E-state index in [0.29, 0.717) is 0 Å². The van der Waals surface area contributed by atoms with Crippen LogP contribution in [0.25, 0.3) is 0 Å². The van der Waals surface area contributed by atoms with Gasteiger partial charge in [0.05, 0.1) is 25.7 Å². The van der Waals surface area contributed by atoms with Crippen LogP contribution >= 0.6 is 0 Å². The summed E-state index contributed by atoms with van der Waals surface area (Å²) in [6, 6.07) is -10.5. The average molecular weight is 748 g/mol. The Kier molecular flexibility index (Phi) is 21.3. The van der Waals surface area contributed by atoms with Gasteiger partial charge in [0, 0.05) is 0 Å². The number of carbonyl (C=O) groups excluding carboxylic acids is 6. The Bertz CT molecular complexity index is 1240. The van der Waals surface area contributed by atoms with E-state index in [2.05, 4.69) is 26.6 Å². The SMILES string of the molecule is CC(C)C[C@H](NC(=O)[C@H](CC(C)C)NC(=O)[C@H](CC(C)C)NC(=O)[C@@H](N)CO)C(=O)N[C@@H](CC(=O)O)C(=O)N[C@H](C(=O)N[C@@H](CO)C(=O)O)[C@@H](C)O. The van der Waals surface area contributed by atoms with Gasteiger partial charge in [-0.05, 0) is 43.9 Å². The molecule has 0 unspecified atom stereocenters. The highest BCUT2D eigenvalue weighted by Crippen LogP contribution is 2.12. The van der Waals surface area contributed by atoms with Crippen molar-refractivity contribution in [2.75, 3.05) is 13.2 Å². The maximum Gasteiger partial charge on any atom is 0.328 e. The molecule has 0 aromatic carbocycles. The van der Waals surface area contributed by atoms with Crippen LogP contribution in [-0.4, -0.2) is 135 Å². The molecule has 0 aliphatic carbocycles. The number of aliphatic hydroxyl groups is 3. The van der Waals surface area contributed by atoms with Gasteiger partial charge in [-0.3, -0.25) is 33.6 Å². The van der Waals surface area contributed by atoms with Crippen molar-refractivity contribution < 1.29 is 63.9 Å². The number of aliphatic hydroxyl groups excluding tert-OH is 3. The number of carboxylic acids is 2. The fourth-order valence-corrected chi connectivity index (χ4v) is 4.78. The summed E-state index contributed by atoms with van der Waals surface area (Å²) in [5.74, 6) is -9.39. The van der Waals surface area contributed by atoms with Crippen molar-refractivity contribution in [3.63, 3.8) is 0 Å². The van der Waals surface area contributed by atoms with Gasteiger partial charge in [-0.1, -0.05) is 41.5 Å². The molecule has 20 nitrogen and oxygen atoms in total. The lowest BCUT2D eigenvalue weighted by molar-refractivity contribution is -0.145. The number of nitrogens with two attached hydrogens (primary N) is 1. The number of carboxylic acid groups (broad SMARTS) is 2. The molecule has 0 heterocycles. The Balaban J connectivity index is 6.26. The van der Waals surface area contributed by atoms with Crippen LogP contribution in [0.1, 0.15) is 74.1 Å². The fourth-order valence-electron chi connectivity index (χ4n) is 4.78. The van der Waals surface area contributed by atoms with Gasteiger partial charge in [0.1, 0.15) is 42.3 Å². The molecule has 0 aliphatic heterocycles. The second kappa shape index (κ2) is 23.2. The summed E-state index contributed by atoms with van der Waals surface area (Å²) in [6.45, 7) is 10.00. The van der Waals surface area contributed by atoms with E-state index in [1.165, 1.54) is 0 Å².